The number of rotatable bonds is 3. The van der Waals surface area contributed by atoms with Crippen LogP contribution in [0.1, 0.15) is 11.8 Å². The van der Waals surface area contributed by atoms with Gasteiger partial charge in [0.05, 0.1) is 18.5 Å². The smallest absolute Gasteiger partial charge is 0.272 e. The van der Waals surface area contributed by atoms with Crippen LogP contribution in [0.5, 0.6) is 0 Å². The Balaban J connectivity index is 2.06. The van der Waals surface area contributed by atoms with Gasteiger partial charge in [0.15, 0.2) is 23.2 Å². The van der Waals surface area contributed by atoms with Crippen LogP contribution in [0.4, 0.5) is 19.0 Å². The number of aliphatic hydroxyl groups excluding tert-OH is 2. The molecule has 22 heavy (non-hydrogen) atoms. The standard InChI is InChI=1S/C11H12F3N5O3/c12-5-6(22-11(2-20,7(5)21)10(13)14)4-1-16-9-8(15)17-3-18-19(4)9/h1,3,5-7,10,20-21H,2H2,(H2,15,17,18)/t5-,6-,7-,11+/m0/s1. The van der Waals surface area contributed by atoms with E-state index in [1.54, 1.807) is 0 Å². The molecule has 120 valence electrons. The van der Waals surface area contributed by atoms with Crippen molar-refractivity contribution < 1.29 is 28.1 Å². The Kier molecular flexibility index (Phi) is 3.42. The van der Waals surface area contributed by atoms with Crippen molar-refractivity contribution in [3.63, 3.8) is 0 Å². The summed E-state index contributed by atoms with van der Waals surface area (Å²) in [6.07, 6.45) is -7.04. The van der Waals surface area contributed by atoms with Crippen molar-refractivity contribution in [3.8, 4) is 0 Å². The molecule has 2 aromatic rings. The number of halogens is 3. The van der Waals surface area contributed by atoms with Crippen molar-refractivity contribution in [1.29, 1.82) is 0 Å². The summed E-state index contributed by atoms with van der Waals surface area (Å²) in [5, 5.41) is 22.7. The second-order valence-electron chi connectivity index (χ2n) is 4.91. The second kappa shape index (κ2) is 5.04. The fourth-order valence-corrected chi connectivity index (χ4v) is 2.46. The second-order valence-corrected chi connectivity index (χ2v) is 4.91. The van der Waals surface area contributed by atoms with Gasteiger partial charge in [0.2, 0.25) is 0 Å². The summed E-state index contributed by atoms with van der Waals surface area (Å²) in [7, 11) is 0. The summed E-state index contributed by atoms with van der Waals surface area (Å²) in [5.41, 5.74) is 2.95. The zero-order valence-electron chi connectivity index (χ0n) is 11.0. The van der Waals surface area contributed by atoms with Gasteiger partial charge >= 0.3 is 0 Å². The molecule has 0 bridgehead atoms. The summed E-state index contributed by atoms with van der Waals surface area (Å²) in [6.45, 7) is -1.24. The van der Waals surface area contributed by atoms with Gasteiger partial charge < -0.3 is 20.7 Å². The van der Waals surface area contributed by atoms with Gasteiger partial charge in [-0.2, -0.15) is 5.10 Å². The SMILES string of the molecule is Nc1ncnn2c([C@@H]3O[C@@](CO)(C(F)F)[C@@H](O)[C@H]3F)cnc12. The number of hydrogen-bond donors (Lipinski definition) is 3. The molecule has 1 fully saturated rings. The highest BCUT2D eigenvalue weighted by Gasteiger charge is 2.61. The molecule has 0 amide bonds. The molecule has 4 atom stereocenters. The topological polar surface area (TPSA) is 119 Å². The minimum absolute atomic E-state index is 0.0116. The maximum Gasteiger partial charge on any atom is 0.272 e. The number of hydrogen-bond acceptors (Lipinski definition) is 7. The van der Waals surface area contributed by atoms with Crippen LogP contribution in [0.2, 0.25) is 0 Å². The predicted molar refractivity (Wildman–Crippen MR) is 65.7 cm³/mol. The van der Waals surface area contributed by atoms with E-state index in [-0.39, 0.29) is 17.2 Å². The van der Waals surface area contributed by atoms with Crippen molar-refractivity contribution >= 4 is 11.5 Å². The van der Waals surface area contributed by atoms with Crippen LogP contribution in [-0.2, 0) is 4.74 Å². The number of nitrogens with two attached hydrogens (primary N) is 1. The van der Waals surface area contributed by atoms with E-state index in [1.165, 1.54) is 0 Å². The number of nitrogens with zero attached hydrogens (tertiary/aromatic N) is 4. The molecule has 0 radical (unpaired) electrons. The minimum Gasteiger partial charge on any atom is -0.393 e. The molecule has 11 heteroatoms. The Labute approximate surface area is 121 Å². The molecule has 8 nitrogen and oxygen atoms in total. The first-order chi connectivity index (χ1) is 10.4. The number of nitrogen functional groups attached to an aromatic ring is 1. The summed E-state index contributed by atoms with van der Waals surface area (Å²) in [6, 6.07) is 0. The third kappa shape index (κ3) is 1.86. The predicted octanol–water partition coefficient (Wildman–Crippen LogP) is -0.527. The van der Waals surface area contributed by atoms with Crippen LogP contribution in [0.25, 0.3) is 5.65 Å². The monoisotopic (exact) mass is 319 g/mol. The molecule has 1 aliphatic heterocycles. The van der Waals surface area contributed by atoms with Crippen molar-refractivity contribution in [1.82, 2.24) is 19.6 Å². The van der Waals surface area contributed by atoms with Crippen LogP contribution < -0.4 is 5.73 Å². The number of alkyl halides is 3. The molecular weight excluding hydrogens is 307 g/mol. The number of anilines is 1. The Hall–Kier alpha value is -1.98. The van der Waals surface area contributed by atoms with Crippen molar-refractivity contribution in [2.75, 3.05) is 12.3 Å². The highest BCUT2D eigenvalue weighted by molar-refractivity contribution is 5.58. The lowest BCUT2D eigenvalue weighted by Gasteiger charge is -2.28. The molecule has 4 N–H and O–H groups in total. The van der Waals surface area contributed by atoms with E-state index < -0.39 is 37.0 Å². The zero-order valence-corrected chi connectivity index (χ0v) is 11.0. The molecule has 0 unspecified atom stereocenters. The number of ether oxygens (including phenoxy) is 1. The first-order valence-corrected chi connectivity index (χ1v) is 6.25. The van der Waals surface area contributed by atoms with E-state index in [0.29, 0.717) is 0 Å². The van der Waals surface area contributed by atoms with Gasteiger partial charge in [-0.15, -0.1) is 0 Å². The van der Waals surface area contributed by atoms with Gasteiger partial charge in [-0.25, -0.2) is 27.7 Å². The highest BCUT2D eigenvalue weighted by atomic mass is 19.3. The van der Waals surface area contributed by atoms with Crippen LogP contribution in [0, 0.1) is 0 Å². The Morgan fingerprint density at radius 3 is 2.77 bits per heavy atom. The summed E-state index contributed by atoms with van der Waals surface area (Å²) >= 11 is 0. The van der Waals surface area contributed by atoms with Crippen molar-refractivity contribution in [3.05, 3.63) is 18.2 Å². The van der Waals surface area contributed by atoms with Gasteiger partial charge in [-0.1, -0.05) is 0 Å². The van der Waals surface area contributed by atoms with Gasteiger partial charge in [0.1, 0.15) is 18.5 Å². The van der Waals surface area contributed by atoms with Gasteiger partial charge in [0.25, 0.3) is 6.43 Å². The van der Waals surface area contributed by atoms with E-state index >= 15 is 0 Å². The molecule has 3 heterocycles. The lowest BCUT2D eigenvalue weighted by molar-refractivity contribution is -0.186. The van der Waals surface area contributed by atoms with Gasteiger partial charge in [-0.3, -0.25) is 0 Å². The Morgan fingerprint density at radius 1 is 1.45 bits per heavy atom. The summed E-state index contributed by atoms with van der Waals surface area (Å²) < 4.78 is 46.6. The molecule has 3 rings (SSSR count). The molecule has 0 saturated carbocycles. The minimum atomic E-state index is -3.28. The Morgan fingerprint density at radius 2 is 2.18 bits per heavy atom. The molecular formula is C11H12F3N5O3. The molecule has 0 aromatic carbocycles. The van der Waals surface area contributed by atoms with Crippen LogP contribution >= 0.6 is 0 Å². The normalized spacial score (nSPS) is 32.2. The van der Waals surface area contributed by atoms with Crippen LogP contribution in [0.15, 0.2) is 12.5 Å². The van der Waals surface area contributed by atoms with Crippen LogP contribution in [0.3, 0.4) is 0 Å². The fourth-order valence-electron chi connectivity index (χ4n) is 2.46. The summed E-state index contributed by atoms with van der Waals surface area (Å²) in [5.74, 6) is 0.0116. The van der Waals surface area contributed by atoms with Gasteiger partial charge in [-0.05, 0) is 0 Å². The number of aromatic nitrogens is 4. The third-order valence-corrected chi connectivity index (χ3v) is 3.70. The van der Waals surface area contributed by atoms with Crippen molar-refractivity contribution in [2.24, 2.45) is 0 Å². The average Bonchev–Trinajstić information content (AvgIpc) is 3.02. The lowest BCUT2D eigenvalue weighted by atomic mass is 9.96. The third-order valence-electron chi connectivity index (χ3n) is 3.70. The number of imidazole rings is 1. The number of fused-ring (bicyclic) bond motifs is 1. The maximum absolute atomic E-state index is 14.3. The first kappa shape index (κ1) is 14.9. The molecule has 1 saturated heterocycles. The zero-order chi connectivity index (χ0) is 16.1. The van der Waals surface area contributed by atoms with Gasteiger partial charge in [0, 0.05) is 0 Å². The average molecular weight is 319 g/mol. The maximum atomic E-state index is 14.3. The molecule has 2 aromatic heterocycles. The molecule has 0 aliphatic carbocycles. The summed E-state index contributed by atoms with van der Waals surface area (Å²) in [4.78, 5) is 7.57. The van der Waals surface area contributed by atoms with Crippen molar-refractivity contribution in [2.45, 2.75) is 30.4 Å². The quantitative estimate of drug-likeness (QED) is 0.696. The first-order valence-electron chi connectivity index (χ1n) is 6.25. The van der Waals surface area contributed by atoms with E-state index in [0.717, 1.165) is 17.0 Å². The molecule has 1 aliphatic rings. The Bertz CT molecular complexity index is 699. The van der Waals surface area contributed by atoms with E-state index in [4.69, 9.17) is 15.6 Å². The fraction of sp³-hybridized carbons (Fsp3) is 0.545. The lowest BCUT2D eigenvalue weighted by Crippen LogP contribution is -2.51. The highest BCUT2D eigenvalue weighted by Crippen LogP contribution is 2.44. The number of aliphatic hydroxyl groups is 2. The largest absolute Gasteiger partial charge is 0.393 e. The van der Waals surface area contributed by atoms with E-state index in [9.17, 15) is 18.3 Å². The van der Waals surface area contributed by atoms with Crippen LogP contribution in [-0.4, -0.2) is 60.7 Å². The molecule has 0 spiro atoms. The van der Waals surface area contributed by atoms with E-state index in [2.05, 4.69) is 15.1 Å². The van der Waals surface area contributed by atoms with E-state index in [1.807, 2.05) is 0 Å².